The second-order valence-electron chi connectivity index (χ2n) is 4.74. The summed E-state index contributed by atoms with van der Waals surface area (Å²) in [4.78, 5) is 21.9. The Bertz CT molecular complexity index is 805. The molecule has 2 aromatic rings. The molecule has 0 atom stereocenters. The van der Waals surface area contributed by atoms with E-state index >= 15 is 0 Å². The zero-order valence-corrected chi connectivity index (χ0v) is 16.4. The lowest BCUT2D eigenvalue weighted by atomic mass is 10.2. The molecule has 0 unspecified atom stereocenters. The molecule has 0 aliphatic rings. The number of anilines is 1. The number of hydrazone groups is 1. The molecular formula is C15H11Br2ClN4O3. The van der Waals surface area contributed by atoms with Crippen LogP contribution < -0.4 is 10.7 Å². The van der Waals surface area contributed by atoms with Crippen molar-refractivity contribution in [3.63, 3.8) is 0 Å². The fourth-order valence-electron chi connectivity index (χ4n) is 1.78. The quantitative estimate of drug-likeness (QED) is 0.358. The maximum absolute atomic E-state index is 11.8. The number of carbonyl (C=O) groups is 1. The number of nitrogens with zero attached hydrogens (tertiary/aromatic N) is 2. The van der Waals surface area contributed by atoms with E-state index in [0.29, 0.717) is 25.2 Å². The summed E-state index contributed by atoms with van der Waals surface area (Å²) in [5.41, 5.74) is 3.68. The average molecular weight is 491 g/mol. The van der Waals surface area contributed by atoms with Gasteiger partial charge < -0.3 is 5.32 Å². The van der Waals surface area contributed by atoms with E-state index in [1.54, 1.807) is 12.1 Å². The molecule has 0 aliphatic carbocycles. The predicted molar refractivity (Wildman–Crippen MR) is 104 cm³/mol. The first-order valence-corrected chi connectivity index (χ1v) is 8.78. The van der Waals surface area contributed by atoms with Gasteiger partial charge in [-0.25, -0.2) is 5.43 Å². The molecule has 2 aromatic carbocycles. The van der Waals surface area contributed by atoms with E-state index in [1.807, 2.05) is 0 Å². The van der Waals surface area contributed by atoms with Gasteiger partial charge in [0.05, 0.1) is 23.4 Å². The third kappa shape index (κ3) is 5.80. The van der Waals surface area contributed by atoms with Gasteiger partial charge in [0.2, 0.25) is 0 Å². The van der Waals surface area contributed by atoms with Gasteiger partial charge in [0, 0.05) is 26.1 Å². The van der Waals surface area contributed by atoms with Crippen LogP contribution in [0.5, 0.6) is 0 Å². The van der Waals surface area contributed by atoms with Gasteiger partial charge in [-0.3, -0.25) is 14.9 Å². The number of halogens is 3. The lowest BCUT2D eigenvalue weighted by Crippen LogP contribution is -2.26. The van der Waals surface area contributed by atoms with E-state index in [2.05, 4.69) is 47.7 Å². The average Bonchev–Trinajstić information content (AvgIpc) is 2.54. The maximum Gasteiger partial charge on any atom is 0.269 e. The van der Waals surface area contributed by atoms with Crippen LogP contribution in [0.15, 0.2) is 50.4 Å². The molecule has 0 heterocycles. The molecule has 2 N–H and O–H groups in total. The normalized spacial score (nSPS) is 10.7. The van der Waals surface area contributed by atoms with Crippen LogP contribution in [-0.4, -0.2) is 23.6 Å². The van der Waals surface area contributed by atoms with E-state index in [1.165, 1.54) is 30.5 Å². The lowest BCUT2D eigenvalue weighted by Gasteiger charge is -2.10. The molecule has 0 spiro atoms. The van der Waals surface area contributed by atoms with Gasteiger partial charge in [-0.2, -0.15) is 5.10 Å². The van der Waals surface area contributed by atoms with Gasteiger partial charge in [-0.1, -0.05) is 11.6 Å². The van der Waals surface area contributed by atoms with Crippen molar-refractivity contribution in [1.29, 1.82) is 0 Å². The number of amides is 1. The van der Waals surface area contributed by atoms with Gasteiger partial charge in [-0.05, 0) is 61.7 Å². The van der Waals surface area contributed by atoms with Crippen molar-refractivity contribution in [2.75, 3.05) is 11.9 Å². The van der Waals surface area contributed by atoms with Gasteiger partial charge in [0.1, 0.15) is 0 Å². The van der Waals surface area contributed by atoms with E-state index in [0.717, 1.165) is 0 Å². The topological polar surface area (TPSA) is 96.6 Å². The van der Waals surface area contributed by atoms with Crippen LogP contribution in [0.4, 0.5) is 11.4 Å². The highest BCUT2D eigenvalue weighted by Gasteiger charge is 2.08. The Balaban J connectivity index is 1.87. The van der Waals surface area contributed by atoms with Crippen molar-refractivity contribution < 1.29 is 9.72 Å². The van der Waals surface area contributed by atoms with Crippen LogP contribution >= 0.6 is 43.5 Å². The monoisotopic (exact) mass is 488 g/mol. The zero-order chi connectivity index (χ0) is 18.4. The Morgan fingerprint density at radius 2 is 1.84 bits per heavy atom. The molecule has 0 aliphatic heterocycles. The summed E-state index contributed by atoms with van der Waals surface area (Å²) >= 11 is 12.6. The standard InChI is InChI=1S/C15H11Br2ClN4O3/c16-12-5-10(18)6-13(17)15(12)19-8-14(23)21-20-7-9-1-3-11(4-2-9)22(24)25/h1-7,19H,8H2,(H,21,23). The molecule has 25 heavy (non-hydrogen) atoms. The highest BCUT2D eigenvalue weighted by Crippen LogP contribution is 2.33. The molecule has 0 saturated heterocycles. The lowest BCUT2D eigenvalue weighted by molar-refractivity contribution is -0.384. The van der Waals surface area contributed by atoms with Crippen LogP contribution in [0.2, 0.25) is 5.02 Å². The van der Waals surface area contributed by atoms with Gasteiger partial charge in [0.15, 0.2) is 0 Å². The summed E-state index contributed by atoms with van der Waals surface area (Å²) < 4.78 is 1.43. The van der Waals surface area contributed by atoms with E-state index in [4.69, 9.17) is 11.6 Å². The van der Waals surface area contributed by atoms with Crippen molar-refractivity contribution in [1.82, 2.24) is 5.43 Å². The molecule has 1 amide bonds. The summed E-state index contributed by atoms with van der Waals surface area (Å²) in [5, 5.41) is 17.9. The van der Waals surface area contributed by atoms with Gasteiger partial charge in [0.25, 0.3) is 11.6 Å². The van der Waals surface area contributed by atoms with Crippen molar-refractivity contribution in [2.24, 2.45) is 5.10 Å². The highest BCUT2D eigenvalue weighted by atomic mass is 79.9. The van der Waals surface area contributed by atoms with Gasteiger partial charge in [-0.15, -0.1) is 0 Å². The van der Waals surface area contributed by atoms with Gasteiger partial charge >= 0.3 is 0 Å². The first kappa shape index (κ1) is 19.4. The zero-order valence-electron chi connectivity index (χ0n) is 12.5. The number of rotatable bonds is 6. The number of nitro groups is 1. The fraction of sp³-hybridized carbons (Fsp3) is 0.0667. The molecule has 0 aromatic heterocycles. The molecular weight excluding hydrogens is 479 g/mol. The number of hydrogen-bond donors (Lipinski definition) is 2. The minimum atomic E-state index is -0.485. The molecule has 0 radical (unpaired) electrons. The predicted octanol–water partition coefficient (Wildman–Crippen LogP) is 4.34. The van der Waals surface area contributed by atoms with Crippen LogP contribution in [0.1, 0.15) is 5.56 Å². The highest BCUT2D eigenvalue weighted by molar-refractivity contribution is 9.11. The number of hydrogen-bond acceptors (Lipinski definition) is 5. The molecule has 0 fully saturated rings. The summed E-state index contributed by atoms with van der Waals surface area (Å²) in [6, 6.07) is 9.21. The smallest absolute Gasteiger partial charge is 0.269 e. The molecule has 2 rings (SSSR count). The van der Waals surface area contributed by atoms with E-state index in [9.17, 15) is 14.9 Å². The third-order valence-electron chi connectivity index (χ3n) is 2.94. The van der Waals surface area contributed by atoms with E-state index in [-0.39, 0.29) is 18.1 Å². The van der Waals surface area contributed by atoms with Crippen LogP contribution in [0, 0.1) is 10.1 Å². The third-order valence-corrected chi connectivity index (χ3v) is 4.41. The Morgan fingerprint density at radius 1 is 1.24 bits per heavy atom. The first-order chi connectivity index (χ1) is 11.9. The minimum absolute atomic E-state index is 0.00354. The molecule has 7 nitrogen and oxygen atoms in total. The number of benzene rings is 2. The second-order valence-corrected chi connectivity index (χ2v) is 6.88. The molecule has 0 bridgehead atoms. The number of carbonyl (C=O) groups excluding carboxylic acids is 1. The summed E-state index contributed by atoms with van der Waals surface area (Å²) in [6.07, 6.45) is 1.40. The van der Waals surface area contributed by atoms with Crippen LogP contribution in [0.25, 0.3) is 0 Å². The summed E-state index contributed by atoms with van der Waals surface area (Å²) in [5.74, 6) is -0.355. The number of nitrogens with one attached hydrogen (secondary N) is 2. The van der Waals surface area contributed by atoms with Crippen molar-refractivity contribution in [3.05, 3.63) is 66.0 Å². The van der Waals surface area contributed by atoms with Crippen molar-refractivity contribution >= 4 is 67.0 Å². The van der Waals surface area contributed by atoms with Crippen molar-refractivity contribution in [2.45, 2.75) is 0 Å². The second kappa shape index (κ2) is 8.93. The Hall–Kier alpha value is -1.97. The molecule has 130 valence electrons. The fourth-order valence-corrected chi connectivity index (χ4v) is 3.73. The Labute approximate surface area is 164 Å². The number of nitro benzene ring substituents is 1. The Morgan fingerprint density at radius 3 is 2.40 bits per heavy atom. The molecule has 10 heteroatoms. The van der Waals surface area contributed by atoms with Crippen LogP contribution in [0.3, 0.4) is 0 Å². The first-order valence-electron chi connectivity index (χ1n) is 6.81. The summed E-state index contributed by atoms with van der Waals surface area (Å²) in [6.45, 7) is -0.00354. The van der Waals surface area contributed by atoms with E-state index < -0.39 is 4.92 Å². The Kier molecular flexibility index (Phi) is 6.91. The molecule has 0 saturated carbocycles. The number of non-ortho nitro benzene ring substituents is 1. The SMILES string of the molecule is O=C(CNc1c(Br)cc(Cl)cc1Br)NN=Cc1ccc([N+](=O)[O-])cc1. The minimum Gasteiger partial charge on any atom is -0.374 e. The van der Waals surface area contributed by atoms with Crippen molar-refractivity contribution in [3.8, 4) is 0 Å². The van der Waals surface area contributed by atoms with Crippen LogP contribution in [-0.2, 0) is 4.79 Å². The maximum atomic E-state index is 11.8. The summed E-state index contributed by atoms with van der Waals surface area (Å²) in [7, 11) is 0. The largest absolute Gasteiger partial charge is 0.374 e.